The molecule has 2 rings (SSSR count). The van der Waals surface area contributed by atoms with Crippen LogP contribution in [0.2, 0.25) is 0 Å². The van der Waals surface area contributed by atoms with E-state index in [9.17, 15) is 4.79 Å². The standard InChI is InChI=1S/C10H14N2O/c1-2-8-4-9(8)12-6-7(5-11)3-10(12)13/h7-9H,2-4,6H2,1H3. The van der Waals surface area contributed by atoms with E-state index < -0.39 is 0 Å². The Balaban J connectivity index is 1.96. The molecule has 0 aromatic carbocycles. The summed E-state index contributed by atoms with van der Waals surface area (Å²) in [6.45, 7) is 2.84. The van der Waals surface area contributed by atoms with Crippen LogP contribution in [0.15, 0.2) is 0 Å². The van der Waals surface area contributed by atoms with Gasteiger partial charge in [0.05, 0.1) is 12.0 Å². The van der Waals surface area contributed by atoms with E-state index in [2.05, 4.69) is 13.0 Å². The molecule has 0 spiro atoms. The first kappa shape index (κ1) is 8.55. The second kappa shape index (κ2) is 3.02. The molecule has 1 saturated heterocycles. The van der Waals surface area contributed by atoms with Gasteiger partial charge in [0.25, 0.3) is 0 Å². The van der Waals surface area contributed by atoms with Gasteiger partial charge in [0.15, 0.2) is 0 Å². The van der Waals surface area contributed by atoms with Gasteiger partial charge < -0.3 is 4.90 Å². The molecule has 0 N–H and O–H groups in total. The first-order chi connectivity index (χ1) is 6.26. The van der Waals surface area contributed by atoms with Gasteiger partial charge in [-0.2, -0.15) is 5.26 Å². The van der Waals surface area contributed by atoms with Gasteiger partial charge in [-0.1, -0.05) is 13.3 Å². The molecule has 3 nitrogen and oxygen atoms in total. The van der Waals surface area contributed by atoms with Gasteiger partial charge in [-0.3, -0.25) is 4.79 Å². The van der Waals surface area contributed by atoms with Gasteiger partial charge in [-0.25, -0.2) is 0 Å². The van der Waals surface area contributed by atoms with Crippen molar-refractivity contribution < 1.29 is 4.79 Å². The first-order valence-electron chi connectivity index (χ1n) is 4.95. The molecule has 1 aliphatic heterocycles. The number of likely N-dealkylation sites (tertiary alicyclic amines) is 1. The smallest absolute Gasteiger partial charge is 0.224 e. The zero-order chi connectivity index (χ0) is 9.42. The summed E-state index contributed by atoms with van der Waals surface area (Å²) in [6, 6.07) is 2.65. The SMILES string of the molecule is CCC1CC1N1CC(C#N)CC1=O. The second-order valence-corrected chi connectivity index (χ2v) is 4.05. The number of nitriles is 1. The lowest BCUT2D eigenvalue weighted by Crippen LogP contribution is -2.28. The molecule has 2 aliphatic rings. The maximum Gasteiger partial charge on any atom is 0.224 e. The van der Waals surface area contributed by atoms with Crippen LogP contribution < -0.4 is 0 Å². The Kier molecular flexibility index (Phi) is 1.99. The maximum atomic E-state index is 11.5. The van der Waals surface area contributed by atoms with Gasteiger partial charge >= 0.3 is 0 Å². The molecule has 70 valence electrons. The lowest BCUT2D eigenvalue weighted by atomic mass is 10.1. The van der Waals surface area contributed by atoms with Crippen LogP contribution in [-0.2, 0) is 4.79 Å². The van der Waals surface area contributed by atoms with Crippen molar-refractivity contribution in [1.29, 1.82) is 5.26 Å². The third kappa shape index (κ3) is 1.41. The Morgan fingerprint density at radius 3 is 2.92 bits per heavy atom. The minimum Gasteiger partial charge on any atom is -0.338 e. The van der Waals surface area contributed by atoms with E-state index in [0.717, 1.165) is 12.8 Å². The van der Waals surface area contributed by atoms with Crippen molar-refractivity contribution in [1.82, 2.24) is 4.90 Å². The molecule has 1 amide bonds. The molecular weight excluding hydrogens is 164 g/mol. The fourth-order valence-electron chi connectivity index (χ4n) is 2.19. The van der Waals surface area contributed by atoms with Crippen LogP contribution in [0.4, 0.5) is 0 Å². The van der Waals surface area contributed by atoms with Gasteiger partial charge in [0.2, 0.25) is 5.91 Å². The van der Waals surface area contributed by atoms with Crippen LogP contribution in [0, 0.1) is 23.2 Å². The van der Waals surface area contributed by atoms with Crippen molar-refractivity contribution in [3.8, 4) is 6.07 Å². The van der Waals surface area contributed by atoms with Crippen molar-refractivity contribution >= 4 is 5.91 Å². The van der Waals surface area contributed by atoms with E-state index in [1.54, 1.807) is 0 Å². The molecule has 1 aliphatic carbocycles. The first-order valence-corrected chi connectivity index (χ1v) is 4.95. The van der Waals surface area contributed by atoms with Crippen LogP contribution in [0.1, 0.15) is 26.2 Å². The Bertz CT molecular complexity index is 269. The molecule has 3 unspecified atom stereocenters. The summed E-state index contributed by atoms with van der Waals surface area (Å²) in [5, 5.41) is 8.70. The molecule has 0 bridgehead atoms. The molecule has 3 heteroatoms. The van der Waals surface area contributed by atoms with Crippen LogP contribution >= 0.6 is 0 Å². The third-order valence-corrected chi connectivity index (χ3v) is 3.15. The summed E-state index contributed by atoms with van der Waals surface area (Å²) in [4.78, 5) is 13.4. The van der Waals surface area contributed by atoms with Crippen molar-refractivity contribution in [2.24, 2.45) is 11.8 Å². The lowest BCUT2D eigenvalue weighted by molar-refractivity contribution is -0.128. The molecule has 3 atom stereocenters. The van der Waals surface area contributed by atoms with Crippen LogP contribution in [0.5, 0.6) is 0 Å². The van der Waals surface area contributed by atoms with Gasteiger partial charge in [0, 0.05) is 19.0 Å². The fourth-order valence-corrected chi connectivity index (χ4v) is 2.19. The van der Waals surface area contributed by atoms with E-state index in [1.165, 1.54) is 0 Å². The predicted molar refractivity (Wildman–Crippen MR) is 47.6 cm³/mol. The Morgan fingerprint density at radius 2 is 2.46 bits per heavy atom. The van der Waals surface area contributed by atoms with E-state index in [4.69, 9.17) is 5.26 Å². The quantitative estimate of drug-likeness (QED) is 0.636. The summed E-state index contributed by atoms with van der Waals surface area (Å²) in [7, 11) is 0. The number of nitrogens with zero attached hydrogens (tertiary/aromatic N) is 2. The van der Waals surface area contributed by atoms with Crippen LogP contribution in [-0.4, -0.2) is 23.4 Å². The average molecular weight is 178 g/mol. The Morgan fingerprint density at radius 1 is 1.69 bits per heavy atom. The number of carbonyl (C=O) groups is 1. The Labute approximate surface area is 78.3 Å². The number of hydrogen-bond donors (Lipinski definition) is 0. The van der Waals surface area contributed by atoms with E-state index >= 15 is 0 Å². The molecule has 2 fully saturated rings. The monoisotopic (exact) mass is 178 g/mol. The number of rotatable bonds is 2. The zero-order valence-electron chi connectivity index (χ0n) is 7.86. The van der Waals surface area contributed by atoms with Gasteiger partial charge in [-0.05, 0) is 12.3 Å². The van der Waals surface area contributed by atoms with E-state index in [1.807, 2.05) is 4.90 Å². The van der Waals surface area contributed by atoms with Crippen LogP contribution in [0.3, 0.4) is 0 Å². The highest BCUT2D eigenvalue weighted by Crippen LogP contribution is 2.40. The molecule has 0 aromatic heterocycles. The summed E-state index contributed by atoms with van der Waals surface area (Å²) >= 11 is 0. The minimum absolute atomic E-state index is 0.0504. The second-order valence-electron chi connectivity index (χ2n) is 4.05. The van der Waals surface area contributed by atoms with Gasteiger partial charge in [0.1, 0.15) is 0 Å². The highest BCUT2D eigenvalue weighted by molar-refractivity contribution is 5.79. The normalized spacial score (nSPS) is 37.7. The predicted octanol–water partition coefficient (Wildman–Crippen LogP) is 1.16. The highest BCUT2D eigenvalue weighted by Gasteiger charge is 2.45. The largest absolute Gasteiger partial charge is 0.338 e. The summed E-state index contributed by atoms with van der Waals surface area (Å²) in [5.41, 5.74) is 0. The molecule has 13 heavy (non-hydrogen) atoms. The third-order valence-electron chi connectivity index (χ3n) is 3.15. The Hall–Kier alpha value is -1.04. The fraction of sp³-hybridized carbons (Fsp3) is 0.800. The van der Waals surface area contributed by atoms with E-state index in [0.29, 0.717) is 24.9 Å². The molecular formula is C10H14N2O. The number of carbonyl (C=O) groups excluding carboxylic acids is 1. The minimum atomic E-state index is -0.0504. The lowest BCUT2D eigenvalue weighted by Gasteiger charge is -2.14. The maximum absolute atomic E-state index is 11.5. The van der Waals surface area contributed by atoms with Crippen LogP contribution in [0.25, 0.3) is 0 Å². The van der Waals surface area contributed by atoms with Crippen molar-refractivity contribution in [2.75, 3.05) is 6.54 Å². The summed E-state index contributed by atoms with van der Waals surface area (Å²) < 4.78 is 0. The molecule has 0 radical (unpaired) electrons. The average Bonchev–Trinajstić information content (AvgIpc) is 2.83. The van der Waals surface area contributed by atoms with Crippen molar-refractivity contribution in [3.05, 3.63) is 0 Å². The number of amides is 1. The van der Waals surface area contributed by atoms with E-state index in [-0.39, 0.29) is 11.8 Å². The summed E-state index contributed by atoms with van der Waals surface area (Å²) in [5.74, 6) is 0.847. The number of hydrogen-bond acceptors (Lipinski definition) is 2. The topological polar surface area (TPSA) is 44.1 Å². The van der Waals surface area contributed by atoms with Gasteiger partial charge in [-0.15, -0.1) is 0 Å². The molecule has 0 aromatic rings. The molecule has 1 heterocycles. The van der Waals surface area contributed by atoms with Crippen molar-refractivity contribution in [3.63, 3.8) is 0 Å². The summed E-state index contributed by atoms with van der Waals surface area (Å²) in [6.07, 6.45) is 2.76. The highest BCUT2D eigenvalue weighted by atomic mass is 16.2. The van der Waals surface area contributed by atoms with Crippen molar-refractivity contribution in [2.45, 2.75) is 32.2 Å². The zero-order valence-corrected chi connectivity index (χ0v) is 7.86. The molecule has 1 saturated carbocycles.